The molecule has 0 saturated carbocycles. The molecule has 3 N–H and O–H groups in total. The van der Waals surface area contributed by atoms with Crippen molar-refractivity contribution in [3.63, 3.8) is 0 Å². The molecular weight excluding hydrogens is 298 g/mol. The van der Waals surface area contributed by atoms with Crippen molar-refractivity contribution in [1.29, 1.82) is 0 Å². The van der Waals surface area contributed by atoms with Gasteiger partial charge in [-0.15, -0.1) is 5.10 Å². The topological polar surface area (TPSA) is 121 Å². The Bertz CT molecular complexity index is 928. The first kappa shape index (κ1) is 14.9. The van der Waals surface area contributed by atoms with E-state index >= 15 is 0 Å². The molecule has 0 fully saturated rings. The molecule has 0 aliphatic rings. The third-order valence-electron chi connectivity index (χ3n) is 3.39. The fourth-order valence-corrected chi connectivity index (χ4v) is 2.32. The molecule has 2 heterocycles. The highest BCUT2D eigenvalue weighted by Crippen LogP contribution is 2.11. The van der Waals surface area contributed by atoms with E-state index in [0.717, 1.165) is 11.0 Å². The quantitative estimate of drug-likeness (QED) is 0.374. The van der Waals surface area contributed by atoms with Gasteiger partial charge in [0, 0.05) is 0 Å². The molecule has 1 aromatic carbocycles. The number of amides is 1. The van der Waals surface area contributed by atoms with Gasteiger partial charge in [0.05, 0.1) is 23.8 Å². The molecular formula is C14H15N7O2. The van der Waals surface area contributed by atoms with Gasteiger partial charge in [0.2, 0.25) is 0 Å². The molecule has 1 amide bonds. The van der Waals surface area contributed by atoms with Crippen molar-refractivity contribution in [1.82, 2.24) is 30.0 Å². The van der Waals surface area contributed by atoms with Gasteiger partial charge in [0.25, 0.3) is 11.5 Å². The van der Waals surface area contributed by atoms with Crippen molar-refractivity contribution in [3.8, 4) is 0 Å². The van der Waals surface area contributed by atoms with Crippen molar-refractivity contribution in [2.75, 3.05) is 0 Å². The van der Waals surface area contributed by atoms with Gasteiger partial charge in [-0.2, -0.15) is 0 Å². The van der Waals surface area contributed by atoms with Crippen LogP contribution in [0.1, 0.15) is 11.4 Å². The first-order chi connectivity index (χ1) is 11.1. The van der Waals surface area contributed by atoms with Crippen LogP contribution in [0.2, 0.25) is 0 Å². The van der Waals surface area contributed by atoms with E-state index in [9.17, 15) is 9.59 Å². The maximum atomic E-state index is 12.4. The van der Waals surface area contributed by atoms with Gasteiger partial charge >= 0.3 is 0 Å². The number of para-hydroxylation sites is 2. The Hall–Kier alpha value is -3.07. The molecule has 3 rings (SSSR count). The molecule has 118 valence electrons. The van der Waals surface area contributed by atoms with E-state index in [1.165, 1.54) is 4.68 Å². The van der Waals surface area contributed by atoms with Crippen LogP contribution in [0.3, 0.4) is 0 Å². The van der Waals surface area contributed by atoms with E-state index in [-0.39, 0.29) is 24.6 Å². The number of hydrazine groups is 1. The molecule has 0 radical (unpaired) electrons. The monoisotopic (exact) mass is 313 g/mol. The number of nitrogens with two attached hydrogens (primary N) is 1. The van der Waals surface area contributed by atoms with Crippen LogP contribution in [0.25, 0.3) is 11.0 Å². The van der Waals surface area contributed by atoms with Crippen LogP contribution < -0.4 is 16.8 Å². The number of benzene rings is 1. The summed E-state index contributed by atoms with van der Waals surface area (Å²) < 4.78 is 2.95. The second-order valence-corrected chi connectivity index (χ2v) is 5.05. The number of aryl methyl sites for hydroxylation is 1. The Balaban J connectivity index is 1.97. The molecule has 0 atom stereocenters. The molecule has 23 heavy (non-hydrogen) atoms. The Morgan fingerprint density at radius 2 is 2.13 bits per heavy atom. The molecule has 0 unspecified atom stereocenters. The van der Waals surface area contributed by atoms with E-state index in [4.69, 9.17) is 5.84 Å². The number of nitrogens with one attached hydrogen (secondary N) is 1. The van der Waals surface area contributed by atoms with Crippen LogP contribution >= 0.6 is 0 Å². The van der Waals surface area contributed by atoms with Crippen molar-refractivity contribution < 1.29 is 4.79 Å². The molecule has 3 aromatic rings. The van der Waals surface area contributed by atoms with Crippen molar-refractivity contribution in [2.24, 2.45) is 5.84 Å². The Morgan fingerprint density at radius 3 is 2.91 bits per heavy atom. The minimum absolute atomic E-state index is 0.0332. The lowest BCUT2D eigenvalue weighted by atomic mass is 10.2. The first-order valence-electron chi connectivity index (χ1n) is 6.93. The van der Waals surface area contributed by atoms with Crippen LogP contribution in [0.4, 0.5) is 0 Å². The molecule has 0 saturated heterocycles. The Morgan fingerprint density at radius 1 is 1.35 bits per heavy atom. The number of fused-ring (bicyclic) bond motifs is 1. The number of rotatable bonds is 4. The standard InChI is InChI=1S/C14H15N7O2/c1-9-14(23)21(12-5-3-2-4-11(12)16-9)7-10-6-20(19-18-10)8-13(22)17-15/h2-6H,7-8,15H2,1H3,(H,17,22). The van der Waals surface area contributed by atoms with E-state index in [1.807, 2.05) is 29.7 Å². The summed E-state index contributed by atoms with van der Waals surface area (Å²) >= 11 is 0. The zero-order valence-corrected chi connectivity index (χ0v) is 12.4. The summed E-state index contributed by atoms with van der Waals surface area (Å²) in [6.07, 6.45) is 1.60. The minimum atomic E-state index is -0.385. The second-order valence-electron chi connectivity index (χ2n) is 5.05. The zero-order valence-electron chi connectivity index (χ0n) is 12.4. The van der Waals surface area contributed by atoms with Crippen molar-refractivity contribution in [2.45, 2.75) is 20.0 Å². The summed E-state index contributed by atoms with van der Waals surface area (Å²) in [5, 5.41) is 7.84. The van der Waals surface area contributed by atoms with Gasteiger partial charge in [-0.25, -0.2) is 15.5 Å². The number of nitrogens with zero attached hydrogens (tertiary/aromatic N) is 5. The maximum Gasteiger partial charge on any atom is 0.272 e. The highest BCUT2D eigenvalue weighted by atomic mass is 16.2. The van der Waals surface area contributed by atoms with Crippen molar-refractivity contribution in [3.05, 3.63) is 52.2 Å². The van der Waals surface area contributed by atoms with Gasteiger partial charge in [-0.05, 0) is 19.1 Å². The third-order valence-corrected chi connectivity index (χ3v) is 3.39. The van der Waals surface area contributed by atoms with E-state index < -0.39 is 0 Å². The summed E-state index contributed by atoms with van der Waals surface area (Å²) in [6.45, 7) is 1.88. The lowest BCUT2D eigenvalue weighted by Crippen LogP contribution is -2.33. The summed E-state index contributed by atoms with van der Waals surface area (Å²) in [5.41, 5.74) is 4.27. The molecule has 2 aromatic heterocycles. The van der Waals surface area contributed by atoms with E-state index in [1.54, 1.807) is 17.7 Å². The second kappa shape index (κ2) is 5.97. The summed E-state index contributed by atoms with van der Waals surface area (Å²) in [6, 6.07) is 7.39. The predicted octanol–water partition coefficient (Wildman–Crippen LogP) is -0.665. The van der Waals surface area contributed by atoms with Crippen LogP contribution in [-0.2, 0) is 17.9 Å². The van der Waals surface area contributed by atoms with Crippen LogP contribution in [-0.4, -0.2) is 30.5 Å². The largest absolute Gasteiger partial charge is 0.299 e. The number of carbonyl (C=O) groups excluding carboxylic acids is 1. The third kappa shape index (κ3) is 2.94. The SMILES string of the molecule is Cc1nc2ccccc2n(Cc2cn(CC(=O)NN)nn2)c1=O. The van der Waals surface area contributed by atoms with Gasteiger partial charge < -0.3 is 0 Å². The summed E-state index contributed by atoms with van der Waals surface area (Å²) in [4.78, 5) is 27.9. The lowest BCUT2D eigenvalue weighted by Gasteiger charge is -2.09. The molecule has 0 bridgehead atoms. The normalized spacial score (nSPS) is 10.9. The van der Waals surface area contributed by atoms with Crippen LogP contribution in [0, 0.1) is 6.92 Å². The van der Waals surface area contributed by atoms with Crippen LogP contribution in [0.15, 0.2) is 35.3 Å². The van der Waals surface area contributed by atoms with Gasteiger partial charge in [-0.1, -0.05) is 17.3 Å². The zero-order chi connectivity index (χ0) is 16.4. The average molecular weight is 313 g/mol. The molecule has 9 heteroatoms. The molecule has 0 spiro atoms. The molecule has 0 aliphatic heterocycles. The fraction of sp³-hybridized carbons (Fsp3) is 0.214. The Kier molecular flexibility index (Phi) is 3.85. The smallest absolute Gasteiger partial charge is 0.272 e. The van der Waals surface area contributed by atoms with E-state index in [0.29, 0.717) is 11.4 Å². The average Bonchev–Trinajstić information content (AvgIpc) is 2.98. The minimum Gasteiger partial charge on any atom is -0.299 e. The number of aromatic nitrogens is 5. The first-order valence-corrected chi connectivity index (χ1v) is 6.93. The van der Waals surface area contributed by atoms with Gasteiger partial charge in [0.15, 0.2) is 0 Å². The number of hydrogen-bond acceptors (Lipinski definition) is 6. The van der Waals surface area contributed by atoms with Gasteiger partial charge in [-0.3, -0.25) is 19.6 Å². The lowest BCUT2D eigenvalue weighted by molar-refractivity contribution is -0.121. The molecule has 0 aliphatic carbocycles. The predicted molar refractivity (Wildman–Crippen MR) is 82.2 cm³/mol. The fourth-order valence-electron chi connectivity index (χ4n) is 2.32. The summed E-state index contributed by atoms with van der Waals surface area (Å²) in [5.74, 6) is 4.65. The van der Waals surface area contributed by atoms with Crippen molar-refractivity contribution >= 4 is 16.9 Å². The maximum absolute atomic E-state index is 12.4. The molecule has 9 nitrogen and oxygen atoms in total. The highest BCUT2D eigenvalue weighted by molar-refractivity contribution is 5.75. The Labute approximate surface area is 130 Å². The summed E-state index contributed by atoms with van der Waals surface area (Å²) in [7, 11) is 0. The van der Waals surface area contributed by atoms with Gasteiger partial charge in [0.1, 0.15) is 17.9 Å². The highest BCUT2D eigenvalue weighted by Gasteiger charge is 2.11. The number of hydrogen-bond donors (Lipinski definition) is 2. The number of carbonyl (C=O) groups is 1. The van der Waals surface area contributed by atoms with Crippen LogP contribution in [0.5, 0.6) is 0 Å². The van der Waals surface area contributed by atoms with E-state index in [2.05, 4.69) is 15.3 Å².